The zero-order valence-corrected chi connectivity index (χ0v) is 15.9. The molecule has 2 aromatic rings. The van der Waals surface area contributed by atoms with Crippen LogP contribution < -0.4 is 5.32 Å². The van der Waals surface area contributed by atoms with Gasteiger partial charge < -0.3 is 14.8 Å². The standard InChI is InChI=1S/C20H20ClFN2O4/c21-17-11-16(5-6-18(17)22)23-19(25)13-28-20(26)15-3-1-14(2-4-15)12-24-7-9-27-10-8-24/h1-6,11H,7-10,12-13H2,(H,23,25). The molecule has 0 aromatic heterocycles. The molecule has 28 heavy (non-hydrogen) atoms. The minimum absolute atomic E-state index is 0.105. The summed E-state index contributed by atoms with van der Waals surface area (Å²) in [7, 11) is 0. The normalized spacial score (nSPS) is 14.5. The number of hydrogen-bond acceptors (Lipinski definition) is 5. The quantitative estimate of drug-likeness (QED) is 0.746. The van der Waals surface area contributed by atoms with Gasteiger partial charge in [0.15, 0.2) is 6.61 Å². The molecule has 0 aliphatic carbocycles. The molecule has 0 unspecified atom stereocenters. The van der Waals surface area contributed by atoms with Crippen molar-refractivity contribution < 1.29 is 23.5 Å². The molecule has 0 atom stereocenters. The van der Waals surface area contributed by atoms with Gasteiger partial charge in [0.2, 0.25) is 0 Å². The summed E-state index contributed by atoms with van der Waals surface area (Å²) in [5, 5.41) is 2.38. The molecule has 1 aliphatic heterocycles. The van der Waals surface area contributed by atoms with E-state index < -0.39 is 24.3 Å². The number of carbonyl (C=O) groups excluding carboxylic acids is 2. The summed E-state index contributed by atoms with van der Waals surface area (Å²) >= 11 is 5.66. The van der Waals surface area contributed by atoms with Gasteiger partial charge in [-0.2, -0.15) is 0 Å². The Morgan fingerprint density at radius 2 is 1.86 bits per heavy atom. The maximum atomic E-state index is 13.1. The molecule has 2 aromatic carbocycles. The molecule has 148 valence electrons. The Labute approximate surface area is 167 Å². The fraction of sp³-hybridized carbons (Fsp3) is 0.300. The first-order valence-electron chi connectivity index (χ1n) is 8.82. The molecule has 6 nitrogen and oxygen atoms in total. The Balaban J connectivity index is 1.47. The zero-order valence-electron chi connectivity index (χ0n) is 15.1. The topological polar surface area (TPSA) is 67.9 Å². The lowest BCUT2D eigenvalue weighted by molar-refractivity contribution is -0.119. The average Bonchev–Trinajstić information content (AvgIpc) is 2.70. The number of rotatable bonds is 6. The number of amides is 1. The maximum Gasteiger partial charge on any atom is 0.338 e. The van der Waals surface area contributed by atoms with Gasteiger partial charge in [0.25, 0.3) is 5.91 Å². The van der Waals surface area contributed by atoms with Crippen molar-refractivity contribution in [3.05, 3.63) is 64.4 Å². The summed E-state index contributed by atoms with van der Waals surface area (Å²) in [5.74, 6) is -1.71. The number of morpholine rings is 1. The molecule has 1 saturated heterocycles. The summed E-state index contributed by atoms with van der Waals surface area (Å²) < 4.78 is 23.5. The molecule has 0 saturated carbocycles. The Kier molecular flexibility index (Phi) is 6.97. The number of nitrogens with zero attached hydrogens (tertiary/aromatic N) is 1. The lowest BCUT2D eigenvalue weighted by atomic mass is 10.1. The van der Waals surface area contributed by atoms with Crippen molar-refractivity contribution in [2.75, 3.05) is 38.2 Å². The second kappa shape index (κ2) is 9.64. The van der Waals surface area contributed by atoms with Gasteiger partial charge in [-0.25, -0.2) is 9.18 Å². The predicted molar refractivity (Wildman–Crippen MR) is 103 cm³/mol. The second-order valence-corrected chi connectivity index (χ2v) is 6.75. The van der Waals surface area contributed by atoms with Gasteiger partial charge in [0.05, 0.1) is 23.8 Å². The first-order valence-corrected chi connectivity index (χ1v) is 9.20. The SMILES string of the molecule is O=C(COC(=O)c1ccc(CN2CCOCC2)cc1)Nc1ccc(F)c(Cl)c1. The van der Waals surface area contributed by atoms with E-state index in [1.54, 1.807) is 12.1 Å². The van der Waals surface area contributed by atoms with Gasteiger partial charge >= 0.3 is 5.97 Å². The van der Waals surface area contributed by atoms with Crippen LogP contribution in [0.1, 0.15) is 15.9 Å². The monoisotopic (exact) mass is 406 g/mol. The highest BCUT2D eigenvalue weighted by Crippen LogP contribution is 2.19. The first-order chi connectivity index (χ1) is 13.5. The number of esters is 1. The minimum Gasteiger partial charge on any atom is -0.452 e. The van der Waals surface area contributed by atoms with Gasteiger partial charge in [-0.05, 0) is 35.9 Å². The lowest BCUT2D eigenvalue weighted by Gasteiger charge is -2.26. The van der Waals surface area contributed by atoms with E-state index in [9.17, 15) is 14.0 Å². The Hall–Kier alpha value is -2.48. The van der Waals surface area contributed by atoms with Gasteiger partial charge in [-0.3, -0.25) is 9.69 Å². The van der Waals surface area contributed by atoms with E-state index in [1.165, 1.54) is 12.1 Å². The van der Waals surface area contributed by atoms with Gasteiger partial charge in [-0.15, -0.1) is 0 Å². The van der Waals surface area contributed by atoms with Crippen LogP contribution in [0.25, 0.3) is 0 Å². The second-order valence-electron chi connectivity index (χ2n) is 6.34. The largest absolute Gasteiger partial charge is 0.452 e. The van der Waals surface area contributed by atoms with E-state index in [1.807, 2.05) is 12.1 Å². The van der Waals surface area contributed by atoms with E-state index in [0.717, 1.165) is 44.5 Å². The summed E-state index contributed by atoms with van der Waals surface area (Å²) in [6.45, 7) is 3.58. The van der Waals surface area contributed by atoms with E-state index in [4.69, 9.17) is 21.1 Å². The van der Waals surface area contributed by atoms with Crippen LogP contribution in [0.4, 0.5) is 10.1 Å². The van der Waals surface area contributed by atoms with Gasteiger partial charge in [0, 0.05) is 25.3 Å². The van der Waals surface area contributed by atoms with Crippen LogP contribution in [0.3, 0.4) is 0 Å². The van der Waals surface area contributed by atoms with Gasteiger partial charge in [-0.1, -0.05) is 23.7 Å². The summed E-state index contributed by atoms with van der Waals surface area (Å²) in [5.41, 5.74) is 1.77. The van der Waals surface area contributed by atoms with Crippen LogP contribution >= 0.6 is 11.6 Å². The maximum absolute atomic E-state index is 13.1. The number of anilines is 1. The third-order valence-electron chi connectivity index (χ3n) is 4.24. The predicted octanol–water partition coefficient (Wildman–Crippen LogP) is 3.11. The number of ether oxygens (including phenoxy) is 2. The zero-order chi connectivity index (χ0) is 19.9. The van der Waals surface area contributed by atoms with Crippen molar-refractivity contribution >= 4 is 29.2 Å². The van der Waals surface area contributed by atoms with E-state index >= 15 is 0 Å². The highest BCUT2D eigenvalue weighted by atomic mass is 35.5. The third kappa shape index (κ3) is 5.76. The van der Waals surface area contributed by atoms with Crippen molar-refractivity contribution in [2.24, 2.45) is 0 Å². The molecule has 1 fully saturated rings. The molecular formula is C20H20ClFN2O4. The molecule has 1 aliphatic rings. The van der Waals surface area contributed by atoms with E-state index in [0.29, 0.717) is 11.3 Å². The summed E-state index contributed by atoms with van der Waals surface area (Å²) in [4.78, 5) is 26.3. The summed E-state index contributed by atoms with van der Waals surface area (Å²) in [6, 6.07) is 10.9. The molecule has 1 amide bonds. The molecule has 0 bridgehead atoms. The van der Waals surface area contributed by atoms with Crippen LogP contribution in [0.5, 0.6) is 0 Å². The van der Waals surface area contributed by atoms with Crippen LogP contribution in [-0.2, 0) is 20.8 Å². The lowest BCUT2D eigenvalue weighted by Crippen LogP contribution is -2.35. The molecule has 0 radical (unpaired) electrons. The van der Waals surface area contributed by atoms with Crippen LogP contribution in [0.2, 0.25) is 5.02 Å². The van der Waals surface area contributed by atoms with Crippen molar-refractivity contribution in [3.63, 3.8) is 0 Å². The number of hydrogen-bond donors (Lipinski definition) is 1. The number of halogens is 2. The molecule has 1 N–H and O–H groups in total. The fourth-order valence-electron chi connectivity index (χ4n) is 2.75. The third-order valence-corrected chi connectivity index (χ3v) is 4.53. The fourth-order valence-corrected chi connectivity index (χ4v) is 2.93. The van der Waals surface area contributed by atoms with Crippen molar-refractivity contribution in [3.8, 4) is 0 Å². The van der Waals surface area contributed by atoms with Crippen LogP contribution in [-0.4, -0.2) is 49.7 Å². The Morgan fingerprint density at radius 1 is 1.14 bits per heavy atom. The highest BCUT2D eigenvalue weighted by Gasteiger charge is 2.13. The number of nitrogens with one attached hydrogen (secondary N) is 1. The highest BCUT2D eigenvalue weighted by molar-refractivity contribution is 6.31. The van der Waals surface area contributed by atoms with E-state index in [-0.39, 0.29) is 5.02 Å². The van der Waals surface area contributed by atoms with Crippen LogP contribution in [0.15, 0.2) is 42.5 Å². The Morgan fingerprint density at radius 3 is 2.54 bits per heavy atom. The Bertz CT molecular complexity index is 839. The number of benzene rings is 2. The van der Waals surface area contributed by atoms with E-state index in [2.05, 4.69) is 10.2 Å². The van der Waals surface area contributed by atoms with Crippen molar-refractivity contribution in [2.45, 2.75) is 6.54 Å². The molecule has 8 heteroatoms. The summed E-state index contributed by atoms with van der Waals surface area (Å²) in [6.07, 6.45) is 0. The molecule has 1 heterocycles. The molecule has 3 rings (SSSR count). The number of carbonyl (C=O) groups is 2. The van der Waals surface area contributed by atoms with Crippen molar-refractivity contribution in [1.29, 1.82) is 0 Å². The smallest absolute Gasteiger partial charge is 0.338 e. The van der Waals surface area contributed by atoms with Crippen molar-refractivity contribution in [1.82, 2.24) is 4.90 Å². The molecule has 0 spiro atoms. The first kappa shape index (κ1) is 20.3. The van der Waals surface area contributed by atoms with Crippen LogP contribution in [0, 0.1) is 5.82 Å². The average molecular weight is 407 g/mol. The molecular weight excluding hydrogens is 387 g/mol. The minimum atomic E-state index is -0.592. The van der Waals surface area contributed by atoms with Gasteiger partial charge in [0.1, 0.15) is 5.82 Å².